The Hall–Kier alpha value is -1.06. The molecule has 0 aromatic carbocycles. The van der Waals surface area contributed by atoms with E-state index in [1.807, 2.05) is 20.8 Å². The molecule has 1 spiro atoms. The highest BCUT2D eigenvalue weighted by atomic mass is 16.6. The number of hydrogen-bond donors (Lipinski definition) is 0. The van der Waals surface area contributed by atoms with E-state index in [-0.39, 0.29) is 17.4 Å². The second-order valence-corrected chi connectivity index (χ2v) is 6.61. The van der Waals surface area contributed by atoms with Gasteiger partial charge in [0.2, 0.25) is 0 Å². The van der Waals surface area contributed by atoms with Crippen molar-refractivity contribution in [3.8, 4) is 0 Å². The zero-order valence-electron chi connectivity index (χ0n) is 11.6. The van der Waals surface area contributed by atoms with Gasteiger partial charge in [-0.15, -0.1) is 0 Å². The van der Waals surface area contributed by atoms with E-state index in [2.05, 4.69) is 0 Å². The zero-order valence-corrected chi connectivity index (χ0v) is 11.6. The van der Waals surface area contributed by atoms with Crippen molar-refractivity contribution >= 4 is 12.4 Å². The molecule has 102 valence electrons. The zero-order chi connectivity index (χ0) is 13.4. The number of aldehydes is 1. The summed E-state index contributed by atoms with van der Waals surface area (Å²) in [4.78, 5) is 24.6. The van der Waals surface area contributed by atoms with Crippen molar-refractivity contribution in [2.75, 3.05) is 13.1 Å². The molecule has 0 radical (unpaired) electrons. The van der Waals surface area contributed by atoms with Crippen molar-refractivity contribution in [2.45, 2.75) is 52.1 Å². The Kier molecular flexibility index (Phi) is 3.39. The average Bonchev–Trinajstić information content (AvgIpc) is 2.26. The van der Waals surface area contributed by atoms with Gasteiger partial charge < -0.3 is 14.4 Å². The monoisotopic (exact) mass is 253 g/mol. The Morgan fingerprint density at radius 1 is 1.28 bits per heavy atom. The predicted octanol–water partition coefficient (Wildman–Crippen LogP) is 2.61. The first-order valence-electron chi connectivity index (χ1n) is 6.80. The van der Waals surface area contributed by atoms with Gasteiger partial charge in [-0.25, -0.2) is 4.79 Å². The maximum absolute atomic E-state index is 11.9. The number of hydrogen-bond acceptors (Lipinski definition) is 3. The molecule has 0 N–H and O–H groups in total. The van der Waals surface area contributed by atoms with Crippen molar-refractivity contribution in [3.05, 3.63) is 0 Å². The third-order valence-electron chi connectivity index (χ3n) is 4.31. The van der Waals surface area contributed by atoms with Crippen LogP contribution in [0.15, 0.2) is 0 Å². The molecule has 0 bridgehead atoms. The Bertz CT molecular complexity index is 337. The summed E-state index contributed by atoms with van der Waals surface area (Å²) in [7, 11) is 0. The number of piperidine rings is 1. The van der Waals surface area contributed by atoms with Crippen molar-refractivity contribution in [3.63, 3.8) is 0 Å². The summed E-state index contributed by atoms with van der Waals surface area (Å²) in [6.45, 7) is 7.08. The van der Waals surface area contributed by atoms with Crippen LogP contribution in [0.5, 0.6) is 0 Å². The van der Waals surface area contributed by atoms with Gasteiger partial charge in [0.05, 0.1) is 0 Å². The minimum absolute atomic E-state index is 0.195. The highest BCUT2D eigenvalue weighted by molar-refractivity contribution is 5.68. The highest BCUT2D eigenvalue weighted by Gasteiger charge is 2.48. The summed E-state index contributed by atoms with van der Waals surface area (Å²) in [6.07, 6.45) is 4.92. The van der Waals surface area contributed by atoms with E-state index < -0.39 is 5.60 Å². The molecule has 18 heavy (non-hydrogen) atoms. The molecule has 0 aromatic heterocycles. The number of ether oxygens (including phenoxy) is 1. The van der Waals surface area contributed by atoms with Crippen LogP contribution >= 0.6 is 0 Å². The van der Waals surface area contributed by atoms with E-state index in [9.17, 15) is 9.59 Å². The lowest BCUT2D eigenvalue weighted by molar-refractivity contribution is -0.124. The minimum Gasteiger partial charge on any atom is -0.444 e. The van der Waals surface area contributed by atoms with Gasteiger partial charge in [0.15, 0.2) is 0 Å². The van der Waals surface area contributed by atoms with E-state index in [1.165, 1.54) is 0 Å². The lowest BCUT2D eigenvalue weighted by Gasteiger charge is -2.51. The third kappa shape index (κ3) is 2.52. The van der Waals surface area contributed by atoms with Gasteiger partial charge in [0.1, 0.15) is 11.9 Å². The van der Waals surface area contributed by atoms with Crippen molar-refractivity contribution in [2.24, 2.45) is 11.3 Å². The number of carbonyl (C=O) groups excluding carboxylic acids is 2. The number of amides is 1. The number of rotatable bonds is 1. The van der Waals surface area contributed by atoms with Crippen LogP contribution in [0.3, 0.4) is 0 Å². The van der Waals surface area contributed by atoms with E-state index in [4.69, 9.17) is 4.74 Å². The maximum Gasteiger partial charge on any atom is 0.410 e. The van der Waals surface area contributed by atoms with Gasteiger partial charge in [0, 0.05) is 19.0 Å². The first-order chi connectivity index (χ1) is 8.36. The summed E-state index contributed by atoms with van der Waals surface area (Å²) in [6, 6.07) is 0. The fraction of sp³-hybridized carbons (Fsp3) is 0.857. The smallest absolute Gasteiger partial charge is 0.410 e. The summed E-state index contributed by atoms with van der Waals surface area (Å²) in [5.41, 5.74) is -0.242. The molecule has 2 rings (SSSR count). The first-order valence-corrected chi connectivity index (χ1v) is 6.80. The van der Waals surface area contributed by atoms with Crippen molar-refractivity contribution in [1.29, 1.82) is 0 Å². The van der Waals surface area contributed by atoms with Crippen LogP contribution in [0.2, 0.25) is 0 Å². The van der Waals surface area contributed by atoms with E-state index in [1.54, 1.807) is 4.90 Å². The molecule has 4 nitrogen and oxygen atoms in total. The fourth-order valence-corrected chi connectivity index (χ4v) is 3.01. The van der Waals surface area contributed by atoms with Crippen LogP contribution in [-0.4, -0.2) is 36.0 Å². The first kappa shape index (κ1) is 13.4. The van der Waals surface area contributed by atoms with Gasteiger partial charge in [-0.2, -0.15) is 0 Å². The third-order valence-corrected chi connectivity index (χ3v) is 4.31. The largest absolute Gasteiger partial charge is 0.444 e. The number of likely N-dealkylation sites (tertiary alicyclic amines) is 1. The van der Waals surface area contributed by atoms with E-state index in [0.29, 0.717) is 0 Å². The molecule has 1 saturated carbocycles. The van der Waals surface area contributed by atoms with Crippen LogP contribution in [-0.2, 0) is 9.53 Å². The minimum atomic E-state index is -0.436. The Labute approximate surface area is 109 Å². The van der Waals surface area contributed by atoms with Gasteiger partial charge in [0.25, 0.3) is 0 Å². The van der Waals surface area contributed by atoms with Crippen molar-refractivity contribution in [1.82, 2.24) is 4.90 Å². The molecule has 0 aromatic rings. The van der Waals surface area contributed by atoms with Gasteiger partial charge in [-0.1, -0.05) is 0 Å². The topological polar surface area (TPSA) is 46.6 Å². The lowest BCUT2D eigenvalue weighted by atomic mass is 9.56. The number of nitrogens with zero attached hydrogens (tertiary/aromatic N) is 1. The predicted molar refractivity (Wildman–Crippen MR) is 68.3 cm³/mol. The van der Waals surface area contributed by atoms with Gasteiger partial charge in [-0.05, 0) is 51.9 Å². The molecule has 1 unspecified atom stereocenters. The van der Waals surface area contributed by atoms with Gasteiger partial charge in [-0.3, -0.25) is 0 Å². The van der Waals surface area contributed by atoms with Crippen LogP contribution in [0, 0.1) is 11.3 Å². The second kappa shape index (κ2) is 4.56. The standard InChI is InChI=1S/C14H23NO3/c1-13(2,3)18-12(17)15-8-6-14(7-9-15)5-4-11(14)10-16/h10-11H,4-9H2,1-3H3. The van der Waals surface area contributed by atoms with E-state index >= 15 is 0 Å². The average molecular weight is 253 g/mol. The van der Waals surface area contributed by atoms with Gasteiger partial charge >= 0.3 is 6.09 Å². The molecule has 1 aliphatic carbocycles. The molecular formula is C14H23NO3. The summed E-state index contributed by atoms with van der Waals surface area (Å²) >= 11 is 0. The maximum atomic E-state index is 11.9. The Morgan fingerprint density at radius 3 is 2.28 bits per heavy atom. The summed E-state index contributed by atoms with van der Waals surface area (Å²) < 4.78 is 5.37. The molecule has 1 heterocycles. The molecule has 1 amide bonds. The summed E-state index contributed by atoms with van der Waals surface area (Å²) in [5.74, 6) is 0.221. The highest BCUT2D eigenvalue weighted by Crippen LogP contribution is 2.52. The Morgan fingerprint density at radius 2 is 1.89 bits per heavy atom. The summed E-state index contributed by atoms with van der Waals surface area (Å²) in [5, 5.41) is 0. The lowest BCUT2D eigenvalue weighted by Crippen LogP contribution is -2.51. The van der Waals surface area contributed by atoms with E-state index in [0.717, 1.165) is 45.1 Å². The van der Waals surface area contributed by atoms with Crippen molar-refractivity contribution < 1.29 is 14.3 Å². The van der Waals surface area contributed by atoms with Crippen LogP contribution < -0.4 is 0 Å². The van der Waals surface area contributed by atoms with Crippen LogP contribution in [0.1, 0.15) is 46.5 Å². The molecule has 4 heteroatoms. The molecule has 1 atom stereocenters. The molecular weight excluding hydrogens is 230 g/mol. The Balaban J connectivity index is 1.87. The fourth-order valence-electron chi connectivity index (χ4n) is 3.01. The molecule has 1 aliphatic heterocycles. The number of carbonyl (C=O) groups is 2. The SMILES string of the molecule is CC(C)(C)OC(=O)N1CCC2(CCC2C=O)CC1. The van der Waals surface area contributed by atoms with Crippen LogP contribution in [0.25, 0.3) is 0 Å². The quantitative estimate of drug-likeness (QED) is 0.675. The molecule has 2 fully saturated rings. The molecule has 1 saturated heterocycles. The molecule has 2 aliphatic rings. The van der Waals surface area contributed by atoms with Crippen LogP contribution in [0.4, 0.5) is 4.79 Å². The second-order valence-electron chi connectivity index (χ2n) is 6.61. The normalized spacial score (nSPS) is 26.6.